The molecule has 0 amide bonds. The van der Waals surface area contributed by atoms with Crippen molar-refractivity contribution in [3.8, 4) is 0 Å². The highest BCUT2D eigenvalue weighted by Crippen LogP contribution is 2.39. The fraction of sp³-hybridized carbons (Fsp3) is 0.500. The number of hydrogen-bond donors (Lipinski definition) is 1. The van der Waals surface area contributed by atoms with Crippen LogP contribution in [0.1, 0.15) is 30.9 Å². The molecule has 0 spiro atoms. The molecule has 1 unspecified atom stereocenters. The second kappa shape index (κ2) is 4.02. The van der Waals surface area contributed by atoms with Crippen LogP contribution in [-0.4, -0.2) is 11.3 Å². The summed E-state index contributed by atoms with van der Waals surface area (Å²) >= 11 is 0. The van der Waals surface area contributed by atoms with Gasteiger partial charge in [0.2, 0.25) is 0 Å². The Hall–Kier alpha value is -1.15. The lowest BCUT2D eigenvalue weighted by Gasteiger charge is -2.23. The first kappa shape index (κ1) is 11.3. The van der Waals surface area contributed by atoms with E-state index in [1.807, 2.05) is 38.1 Å². The number of ketones is 1. The van der Waals surface area contributed by atoms with Gasteiger partial charge in [0.15, 0.2) is 5.78 Å². The molecular formula is C14H19NO. The van der Waals surface area contributed by atoms with Crippen LogP contribution in [0.5, 0.6) is 0 Å². The summed E-state index contributed by atoms with van der Waals surface area (Å²) in [4.78, 5) is 12.1. The summed E-state index contributed by atoms with van der Waals surface area (Å²) < 4.78 is 0. The van der Waals surface area contributed by atoms with E-state index in [-0.39, 0.29) is 5.78 Å². The molecule has 0 radical (unpaired) electrons. The second-order valence-corrected chi connectivity index (χ2v) is 5.08. The summed E-state index contributed by atoms with van der Waals surface area (Å²) in [6, 6.07) is 8.01. The smallest absolute Gasteiger partial charge is 0.157 e. The predicted molar refractivity (Wildman–Crippen MR) is 65.2 cm³/mol. The third-order valence-corrected chi connectivity index (χ3v) is 3.64. The van der Waals surface area contributed by atoms with Gasteiger partial charge >= 0.3 is 0 Å². The molecule has 0 aromatic heterocycles. The summed E-state index contributed by atoms with van der Waals surface area (Å²) in [7, 11) is 0. The summed E-state index contributed by atoms with van der Waals surface area (Å²) in [6.45, 7) is 3.92. The minimum Gasteiger partial charge on any atom is -0.319 e. The van der Waals surface area contributed by atoms with Gasteiger partial charge in [0.1, 0.15) is 0 Å². The van der Waals surface area contributed by atoms with Crippen LogP contribution in [0.2, 0.25) is 0 Å². The topological polar surface area (TPSA) is 43.1 Å². The van der Waals surface area contributed by atoms with E-state index in [0.29, 0.717) is 12.3 Å². The molecule has 16 heavy (non-hydrogen) atoms. The van der Waals surface area contributed by atoms with Crippen LogP contribution in [0, 0.1) is 12.8 Å². The largest absolute Gasteiger partial charge is 0.319 e. The molecule has 1 aliphatic carbocycles. The number of carbonyl (C=O) groups is 1. The Morgan fingerprint density at radius 3 is 2.62 bits per heavy atom. The highest BCUT2D eigenvalue weighted by atomic mass is 16.1. The maximum Gasteiger partial charge on any atom is 0.157 e. The Morgan fingerprint density at radius 2 is 2.06 bits per heavy atom. The highest BCUT2D eigenvalue weighted by Gasteiger charge is 2.43. The zero-order chi connectivity index (χ0) is 11.8. The number of benzene rings is 1. The Morgan fingerprint density at radius 1 is 1.44 bits per heavy atom. The van der Waals surface area contributed by atoms with E-state index < -0.39 is 5.54 Å². The van der Waals surface area contributed by atoms with Crippen LogP contribution in [0.25, 0.3) is 0 Å². The lowest BCUT2D eigenvalue weighted by molar-refractivity contribution is -0.123. The van der Waals surface area contributed by atoms with Gasteiger partial charge in [0.05, 0.1) is 5.54 Å². The van der Waals surface area contributed by atoms with Gasteiger partial charge in [-0.05, 0) is 43.7 Å². The third kappa shape index (κ3) is 2.17. The van der Waals surface area contributed by atoms with Gasteiger partial charge in [-0.1, -0.05) is 24.3 Å². The van der Waals surface area contributed by atoms with Crippen molar-refractivity contribution in [1.29, 1.82) is 0 Å². The van der Waals surface area contributed by atoms with Crippen molar-refractivity contribution in [3.05, 3.63) is 35.4 Å². The summed E-state index contributed by atoms with van der Waals surface area (Å²) in [5.41, 5.74) is 7.76. The normalized spacial score (nSPS) is 19.2. The lowest BCUT2D eigenvalue weighted by Crippen LogP contribution is -2.48. The van der Waals surface area contributed by atoms with Crippen molar-refractivity contribution >= 4 is 5.78 Å². The first-order valence-corrected chi connectivity index (χ1v) is 5.88. The zero-order valence-electron chi connectivity index (χ0n) is 9.99. The van der Waals surface area contributed by atoms with Crippen LogP contribution in [-0.2, 0) is 11.2 Å². The minimum absolute atomic E-state index is 0.171. The van der Waals surface area contributed by atoms with Gasteiger partial charge in [0, 0.05) is 6.42 Å². The van der Waals surface area contributed by atoms with Crippen molar-refractivity contribution in [2.24, 2.45) is 11.7 Å². The second-order valence-electron chi connectivity index (χ2n) is 5.08. The van der Waals surface area contributed by atoms with Gasteiger partial charge in [0.25, 0.3) is 0 Å². The first-order chi connectivity index (χ1) is 7.51. The molecule has 2 N–H and O–H groups in total. The monoisotopic (exact) mass is 217 g/mol. The molecular weight excluding hydrogens is 198 g/mol. The van der Waals surface area contributed by atoms with Crippen molar-refractivity contribution in [3.63, 3.8) is 0 Å². The van der Waals surface area contributed by atoms with E-state index in [1.165, 1.54) is 5.56 Å². The van der Waals surface area contributed by atoms with Gasteiger partial charge in [-0.15, -0.1) is 0 Å². The van der Waals surface area contributed by atoms with E-state index in [2.05, 4.69) is 0 Å². The van der Waals surface area contributed by atoms with Crippen LogP contribution in [0.3, 0.4) is 0 Å². The molecule has 1 aliphatic rings. The van der Waals surface area contributed by atoms with E-state index in [9.17, 15) is 4.79 Å². The first-order valence-electron chi connectivity index (χ1n) is 5.88. The fourth-order valence-corrected chi connectivity index (χ4v) is 2.08. The van der Waals surface area contributed by atoms with Gasteiger partial charge < -0.3 is 5.73 Å². The quantitative estimate of drug-likeness (QED) is 0.840. The van der Waals surface area contributed by atoms with E-state index >= 15 is 0 Å². The van der Waals surface area contributed by atoms with Crippen molar-refractivity contribution in [1.82, 2.24) is 0 Å². The Balaban J connectivity index is 2.10. The Kier molecular flexibility index (Phi) is 2.85. The average Bonchev–Trinajstić information content (AvgIpc) is 3.04. The molecule has 0 aliphatic heterocycles. The molecule has 0 bridgehead atoms. The molecule has 0 saturated heterocycles. The van der Waals surface area contributed by atoms with Crippen molar-refractivity contribution < 1.29 is 4.79 Å². The number of nitrogens with two attached hydrogens (primary N) is 1. The number of rotatable bonds is 4. The van der Waals surface area contributed by atoms with Gasteiger partial charge in [-0.3, -0.25) is 4.79 Å². The molecule has 2 nitrogen and oxygen atoms in total. The SMILES string of the molecule is Cc1ccccc1CC(=O)C(C)(N)C1CC1. The third-order valence-electron chi connectivity index (χ3n) is 3.64. The lowest BCUT2D eigenvalue weighted by atomic mass is 9.87. The van der Waals surface area contributed by atoms with Crippen LogP contribution in [0.15, 0.2) is 24.3 Å². The maximum absolute atomic E-state index is 12.1. The standard InChI is InChI=1S/C14H19NO/c1-10-5-3-4-6-11(10)9-13(16)14(2,15)12-7-8-12/h3-6,12H,7-9,15H2,1-2H3. The zero-order valence-corrected chi connectivity index (χ0v) is 9.99. The molecule has 1 aromatic rings. The summed E-state index contributed by atoms with van der Waals surface area (Å²) in [6.07, 6.45) is 2.68. The van der Waals surface area contributed by atoms with Crippen molar-refractivity contribution in [2.45, 2.75) is 38.6 Å². The van der Waals surface area contributed by atoms with Crippen LogP contribution < -0.4 is 5.73 Å². The van der Waals surface area contributed by atoms with E-state index in [1.54, 1.807) is 0 Å². The molecule has 0 heterocycles. The fourth-order valence-electron chi connectivity index (χ4n) is 2.08. The molecule has 1 saturated carbocycles. The van der Waals surface area contributed by atoms with Gasteiger partial charge in [-0.25, -0.2) is 0 Å². The molecule has 1 aromatic carbocycles. The average molecular weight is 217 g/mol. The molecule has 1 fully saturated rings. The summed E-state index contributed by atoms with van der Waals surface area (Å²) in [5.74, 6) is 0.577. The number of aryl methyl sites for hydroxylation is 1. The van der Waals surface area contributed by atoms with Crippen LogP contribution >= 0.6 is 0 Å². The number of Topliss-reactive ketones (excluding diaryl/α,β-unsaturated/α-hetero) is 1. The molecule has 86 valence electrons. The molecule has 2 rings (SSSR count). The predicted octanol–water partition coefficient (Wildman–Crippen LogP) is 2.23. The van der Waals surface area contributed by atoms with Crippen molar-refractivity contribution in [2.75, 3.05) is 0 Å². The molecule has 1 atom stereocenters. The number of hydrogen-bond acceptors (Lipinski definition) is 2. The van der Waals surface area contributed by atoms with Gasteiger partial charge in [-0.2, -0.15) is 0 Å². The van der Waals surface area contributed by atoms with Crippen LogP contribution in [0.4, 0.5) is 0 Å². The van der Waals surface area contributed by atoms with E-state index in [0.717, 1.165) is 18.4 Å². The Bertz CT molecular complexity index is 405. The minimum atomic E-state index is -0.623. The highest BCUT2D eigenvalue weighted by molar-refractivity contribution is 5.90. The number of carbonyl (C=O) groups excluding carboxylic acids is 1. The van der Waals surface area contributed by atoms with E-state index in [4.69, 9.17) is 5.73 Å². The summed E-state index contributed by atoms with van der Waals surface area (Å²) in [5, 5.41) is 0. The maximum atomic E-state index is 12.1. The molecule has 2 heteroatoms. The Labute approximate surface area is 96.8 Å².